The van der Waals surface area contributed by atoms with Crippen LogP contribution in [0.4, 0.5) is 0 Å². The average Bonchev–Trinajstić information content (AvgIpc) is 2.17. The Hall–Kier alpha value is -0.0800. The predicted octanol–water partition coefficient (Wildman–Crippen LogP) is 1.49. The smallest absolute Gasteiger partial charge is 0.0471 e. The summed E-state index contributed by atoms with van der Waals surface area (Å²) < 4.78 is 0. The summed E-state index contributed by atoms with van der Waals surface area (Å²) in [6.07, 6.45) is 4.06. The first kappa shape index (κ1) is 10.0. The third kappa shape index (κ3) is 2.46. The van der Waals surface area contributed by atoms with Gasteiger partial charge in [0.2, 0.25) is 0 Å². The van der Waals surface area contributed by atoms with Gasteiger partial charge in [0.25, 0.3) is 0 Å². The Labute approximate surface area is 75.6 Å². The van der Waals surface area contributed by atoms with Gasteiger partial charge in [-0.3, -0.25) is 0 Å². The fourth-order valence-electron chi connectivity index (χ4n) is 1.84. The van der Waals surface area contributed by atoms with Crippen molar-refractivity contribution in [3.63, 3.8) is 0 Å². The van der Waals surface area contributed by atoms with Crippen LogP contribution in [0.3, 0.4) is 0 Å². The van der Waals surface area contributed by atoms with E-state index in [1.807, 2.05) is 0 Å². The standard InChI is InChI=1S/C10H21NO/c1-9(8-12)10(2)11-6-4-3-5-7-11/h9-10,12H,3-8H2,1-2H3. The third-order valence-corrected chi connectivity index (χ3v) is 3.08. The summed E-state index contributed by atoms with van der Waals surface area (Å²) in [7, 11) is 0. The summed E-state index contributed by atoms with van der Waals surface area (Å²) in [5.74, 6) is 0.420. The molecule has 0 saturated carbocycles. The highest BCUT2D eigenvalue weighted by atomic mass is 16.3. The fourth-order valence-corrected chi connectivity index (χ4v) is 1.84. The van der Waals surface area contributed by atoms with Crippen LogP contribution in [0.15, 0.2) is 0 Å². The highest BCUT2D eigenvalue weighted by molar-refractivity contribution is 4.75. The van der Waals surface area contributed by atoms with E-state index in [1.165, 1.54) is 32.4 Å². The van der Waals surface area contributed by atoms with Gasteiger partial charge in [0.05, 0.1) is 0 Å². The molecule has 0 aliphatic carbocycles. The van der Waals surface area contributed by atoms with Gasteiger partial charge in [-0.05, 0) is 38.8 Å². The zero-order valence-corrected chi connectivity index (χ0v) is 8.29. The van der Waals surface area contributed by atoms with Crippen molar-refractivity contribution in [1.29, 1.82) is 0 Å². The van der Waals surface area contributed by atoms with Gasteiger partial charge in [0, 0.05) is 12.6 Å². The van der Waals surface area contributed by atoms with Gasteiger partial charge in [-0.1, -0.05) is 13.3 Å². The second-order valence-corrected chi connectivity index (χ2v) is 4.00. The highest BCUT2D eigenvalue weighted by Crippen LogP contribution is 2.16. The molecule has 0 amide bonds. The van der Waals surface area contributed by atoms with E-state index in [2.05, 4.69) is 18.7 Å². The molecule has 1 heterocycles. The van der Waals surface area contributed by atoms with Crippen LogP contribution >= 0.6 is 0 Å². The van der Waals surface area contributed by atoms with Crippen molar-refractivity contribution in [3.05, 3.63) is 0 Å². The lowest BCUT2D eigenvalue weighted by Gasteiger charge is -2.35. The molecule has 2 atom stereocenters. The molecule has 1 saturated heterocycles. The van der Waals surface area contributed by atoms with E-state index in [9.17, 15) is 0 Å². The molecule has 1 rings (SSSR count). The molecule has 0 radical (unpaired) electrons. The predicted molar refractivity (Wildman–Crippen MR) is 51.1 cm³/mol. The van der Waals surface area contributed by atoms with Crippen LogP contribution in [0.1, 0.15) is 33.1 Å². The normalized spacial score (nSPS) is 25.2. The fraction of sp³-hybridized carbons (Fsp3) is 1.00. The highest BCUT2D eigenvalue weighted by Gasteiger charge is 2.20. The molecular weight excluding hydrogens is 150 g/mol. The molecule has 2 unspecified atom stereocenters. The largest absolute Gasteiger partial charge is 0.396 e. The number of likely N-dealkylation sites (tertiary alicyclic amines) is 1. The van der Waals surface area contributed by atoms with E-state index in [4.69, 9.17) is 5.11 Å². The molecule has 0 bridgehead atoms. The Kier molecular flexibility index (Phi) is 4.02. The van der Waals surface area contributed by atoms with Crippen LogP contribution in [-0.4, -0.2) is 35.7 Å². The summed E-state index contributed by atoms with van der Waals surface area (Å²) >= 11 is 0. The molecule has 2 nitrogen and oxygen atoms in total. The first-order valence-electron chi connectivity index (χ1n) is 5.10. The molecule has 0 spiro atoms. The minimum Gasteiger partial charge on any atom is -0.396 e. The Morgan fingerprint density at radius 3 is 2.25 bits per heavy atom. The van der Waals surface area contributed by atoms with Crippen LogP contribution in [-0.2, 0) is 0 Å². The van der Waals surface area contributed by atoms with E-state index in [-0.39, 0.29) is 0 Å². The first-order valence-corrected chi connectivity index (χ1v) is 5.10. The van der Waals surface area contributed by atoms with E-state index >= 15 is 0 Å². The summed E-state index contributed by atoms with van der Waals surface area (Å²) in [6.45, 7) is 7.13. The Bertz CT molecular complexity index is 121. The number of nitrogens with zero attached hydrogens (tertiary/aromatic N) is 1. The zero-order valence-electron chi connectivity index (χ0n) is 8.29. The van der Waals surface area contributed by atoms with Crippen LogP contribution < -0.4 is 0 Å². The van der Waals surface area contributed by atoms with Gasteiger partial charge in [-0.25, -0.2) is 0 Å². The van der Waals surface area contributed by atoms with Gasteiger partial charge in [-0.15, -0.1) is 0 Å². The van der Waals surface area contributed by atoms with Crippen LogP contribution in [0.25, 0.3) is 0 Å². The van der Waals surface area contributed by atoms with E-state index in [1.54, 1.807) is 0 Å². The van der Waals surface area contributed by atoms with Crippen molar-refractivity contribution in [2.75, 3.05) is 19.7 Å². The van der Waals surface area contributed by atoms with E-state index in [0.717, 1.165) is 0 Å². The molecule has 1 N–H and O–H groups in total. The van der Waals surface area contributed by atoms with Gasteiger partial charge in [-0.2, -0.15) is 0 Å². The maximum atomic E-state index is 9.01. The zero-order chi connectivity index (χ0) is 8.97. The lowest BCUT2D eigenvalue weighted by atomic mass is 10.0. The minimum absolute atomic E-state index is 0.317. The number of piperidine rings is 1. The van der Waals surface area contributed by atoms with Gasteiger partial charge in [0.15, 0.2) is 0 Å². The summed E-state index contributed by atoms with van der Waals surface area (Å²) in [5.41, 5.74) is 0. The second-order valence-electron chi connectivity index (χ2n) is 4.00. The summed E-state index contributed by atoms with van der Waals surface area (Å²) in [4.78, 5) is 2.50. The number of aliphatic hydroxyl groups excluding tert-OH is 1. The molecule has 12 heavy (non-hydrogen) atoms. The van der Waals surface area contributed by atoms with Crippen LogP contribution in [0, 0.1) is 5.92 Å². The molecule has 1 aliphatic heterocycles. The molecular formula is C10H21NO. The molecule has 1 aliphatic rings. The van der Waals surface area contributed by atoms with Crippen LogP contribution in [0.5, 0.6) is 0 Å². The van der Waals surface area contributed by atoms with Crippen LogP contribution in [0.2, 0.25) is 0 Å². The lowest BCUT2D eigenvalue weighted by molar-refractivity contribution is 0.0999. The van der Waals surface area contributed by atoms with Gasteiger partial charge in [0.1, 0.15) is 0 Å². The molecule has 2 heteroatoms. The van der Waals surface area contributed by atoms with Crippen molar-refractivity contribution in [2.45, 2.75) is 39.2 Å². The Balaban J connectivity index is 2.33. The van der Waals surface area contributed by atoms with Crippen molar-refractivity contribution < 1.29 is 5.11 Å². The van der Waals surface area contributed by atoms with Crippen molar-refractivity contribution in [3.8, 4) is 0 Å². The maximum absolute atomic E-state index is 9.01. The number of hydrogen-bond donors (Lipinski definition) is 1. The van der Waals surface area contributed by atoms with E-state index < -0.39 is 0 Å². The molecule has 0 aromatic heterocycles. The Morgan fingerprint density at radius 1 is 1.17 bits per heavy atom. The van der Waals surface area contributed by atoms with E-state index in [0.29, 0.717) is 18.6 Å². The SMILES string of the molecule is CC(CO)C(C)N1CCCCC1. The Morgan fingerprint density at radius 2 is 1.75 bits per heavy atom. The molecule has 0 aromatic rings. The molecule has 0 aromatic carbocycles. The van der Waals surface area contributed by atoms with Crippen molar-refractivity contribution in [1.82, 2.24) is 4.90 Å². The number of aliphatic hydroxyl groups is 1. The lowest BCUT2D eigenvalue weighted by Crippen LogP contribution is -2.41. The quantitative estimate of drug-likeness (QED) is 0.695. The molecule has 72 valence electrons. The van der Waals surface area contributed by atoms with Gasteiger partial charge >= 0.3 is 0 Å². The summed E-state index contributed by atoms with van der Waals surface area (Å²) in [5, 5.41) is 9.01. The minimum atomic E-state index is 0.317. The number of hydrogen-bond acceptors (Lipinski definition) is 2. The maximum Gasteiger partial charge on any atom is 0.0471 e. The summed E-state index contributed by atoms with van der Waals surface area (Å²) in [6, 6.07) is 0.551. The van der Waals surface area contributed by atoms with Crippen molar-refractivity contribution >= 4 is 0 Å². The second kappa shape index (κ2) is 4.83. The topological polar surface area (TPSA) is 23.5 Å². The van der Waals surface area contributed by atoms with Gasteiger partial charge < -0.3 is 10.0 Å². The number of rotatable bonds is 3. The first-order chi connectivity index (χ1) is 5.75. The third-order valence-electron chi connectivity index (χ3n) is 3.08. The van der Waals surface area contributed by atoms with Crippen molar-refractivity contribution in [2.24, 2.45) is 5.92 Å². The average molecular weight is 171 g/mol. The molecule has 1 fully saturated rings. The monoisotopic (exact) mass is 171 g/mol.